The minimum absolute atomic E-state index is 0.908. The van der Waals surface area contributed by atoms with Gasteiger partial charge in [0.1, 0.15) is 5.52 Å². The van der Waals surface area contributed by atoms with E-state index in [1.807, 2.05) is 24.5 Å². The van der Waals surface area contributed by atoms with Gasteiger partial charge in [-0.3, -0.25) is 9.97 Å². The van der Waals surface area contributed by atoms with Crippen LogP contribution in [0.5, 0.6) is 0 Å². The van der Waals surface area contributed by atoms with Crippen molar-refractivity contribution in [3.63, 3.8) is 0 Å². The Labute approximate surface area is 128 Å². The molecule has 0 unspecified atom stereocenters. The van der Waals surface area contributed by atoms with E-state index in [9.17, 15) is 0 Å². The third-order valence-electron chi connectivity index (χ3n) is 3.27. The minimum Gasteiger partial charge on any atom is -0.382 e. The zero-order valence-corrected chi connectivity index (χ0v) is 13.7. The molecule has 5 heteroatoms. The van der Waals surface area contributed by atoms with Crippen molar-refractivity contribution in [3.05, 3.63) is 29.0 Å². The summed E-state index contributed by atoms with van der Waals surface area (Å²) in [4.78, 5) is 11.2. The topological polar surface area (TPSA) is 41.0 Å². The Morgan fingerprint density at radius 2 is 2.10 bits per heavy atom. The number of hydrogen-bond donors (Lipinski definition) is 1. The van der Waals surface area contributed by atoms with Crippen LogP contribution >= 0.6 is 15.9 Å². The fraction of sp³-hybridized carbons (Fsp3) is 0.467. The van der Waals surface area contributed by atoms with Gasteiger partial charge >= 0.3 is 0 Å². The van der Waals surface area contributed by atoms with E-state index in [1.54, 1.807) is 0 Å². The van der Waals surface area contributed by atoms with E-state index in [0.29, 0.717) is 0 Å². The molecule has 0 amide bonds. The second kappa shape index (κ2) is 7.55. The summed E-state index contributed by atoms with van der Waals surface area (Å²) in [6.45, 7) is 8.64. The van der Waals surface area contributed by atoms with Gasteiger partial charge in [0.2, 0.25) is 0 Å². The molecular formula is C15H21BrN4. The Morgan fingerprint density at radius 1 is 1.25 bits per heavy atom. The monoisotopic (exact) mass is 336 g/mol. The van der Waals surface area contributed by atoms with Gasteiger partial charge < -0.3 is 10.2 Å². The van der Waals surface area contributed by atoms with E-state index >= 15 is 0 Å². The third kappa shape index (κ3) is 3.90. The first-order chi connectivity index (χ1) is 9.74. The number of hydrogen-bond acceptors (Lipinski definition) is 4. The van der Waals surface area contributed by atoms with E-state index < -0.39 is 0 Å². The van der Waals surface area contributed by atoms with Crippen molar-refractivity contribution in [1.29, 1.82) is 0 Å². The highest BCUT2D eigenvalue weighted by molar-refractivity contribution is 9.10. The predicted octanol–water partition coefficient (Wildman–Crippen LogP) is 3.54. The molecule has 1 N–H and O–H groups in total. The van der Waals surface area contributed by atoms with Crippen LogP contribution in [0.2, 0.25) is 0 Å². The van der Waals surface area contributed by atoms with Crippen molar-refractivity contribution in [3.8, 4) is 0 Å². The Bertz CT molecular complexity index is 559. The summed E-state index contributed by atoms with van der Waals surface area (Å²) in [5.74, 6) is 0. The van der Waals surface area contributed by atoms with Gasteiger partial charge in [-0.15, -0.1) is 0 Å². The summed E-state index contributed by atoms with van der Waals surface area (Å²) in [6, 6.07) is 3.97. The van der Waals surface area contributed by atoms with Crippen LogP contribution in [0.3, 0.4) is 0 Å². The molecule has 0 aliphatic heterocycles. The lowest BCUT2D eigenvalue weighted by atomic mass is 10.3. The van der Waals surface area contributed by atoms with E-state index in [1.165, 1.54) is 6.42 Å². The van der Waals surface area contributed by atoms with Gasteiger partial charge in [-0.1, -0.05) is 13.8 Å². The molecule has 2 aromatic rings. The van der Waals surface area contributed by atoms with Crippen LogP contribution < -0.4 is 5.32 Å². The zero-order chi connectivity index (χ0) is 14.4. The molecular weight excluding hydrogens is 316 g/mol. The first-order valence-electron chi connectivity index (χ1n) is 7.11. The number of halogens is 1. The zero-order valence-electron chi connectivity index (χ0n) is 12.1. The van der Waals surface area contributed by atoms with Crippen molar-refractivity contribution in [2.75, 3.05) is 31.5 Å². The van der Waals surface area contributed by atoms with E-state index in [2.05, 4.69) is 50.0 Å². The van der Waals surface area contributed by atoms with Crippen LogP contribution in [0.1, 0.15) is 20.3 Å². The molecule has 0 aliphatic rings. The summed E-state index contributed by atoms with van der Waals surface area (Å²) in [6.07, 6.45) is 4.83. The molecule has 2 rings (SSSR count). The maximum Gasteiger partial charge on any atom is 0.112 e. The van der Waals surface area contributed by atoms with E-state index in [-0.39, 0.29) is 0 Å². The second-order valence-corrected chi connectivity index (χ2v) is 5.66. The van der Waals surface area contributed by atoms with Crippen LogP contribution in [-0.4, -0.2) is 41.0 Å². The van der Waals surface area contributed by atoms with Crippen molar-refractivity contribution in [2.45, 2.75) is 20.3 Å². The van der Waals surface area contributed by atoms with Gasteiger partial charge in [-0.2, -0.15) is 0 Å². The molecule has 108 valence electrons. The van der Waals surface area contributed by atoms with Crippen LogP contribution in [0, 0.1) is 0 Å². The Kier molecular flexibility index (Phi) is 5.73. The van der Waals surface area contributed by atoms with Crippen molar-refractivity contribution >= 4 is 32.7 Å². The molecule has 0 saturated carbocycles. The van der Waals surface area contributed by atoms with Crippen LogP contribution in [0.15, 0.2) is 29.0 Å². The first kappa shape index (κ1) is 15.2. The van der Waals surface area contributed by atoms with Crippen LogP contribution in [0.4, 0.5) is 5.69 Å². The Hall–Kier alpha value is -1.20. The van der Waals surface area contributed by atoms with Gasteiger partial charge in [0, 0.05) is 30.0 Å². The summed E-state index contributed by atoms with van der Waals surface area (Å²) in [5, 5.41) is 3.47. The number of rotatable bonds is 7. The lowest BCUT2D eigenvalue weighted by Gasteiger charge is -2.20. The molecule has 20 heavy (non-hydrogen) atoms. The second-order valence-electron chi connectivity index (χ2n) is 4.74. The van der Waals surface area contributed by atoms with Crippen molar-refractivity contribution < 1.29 is 0 Å². The molecule has 0 aliphatic carbocycles. The van der Waals surface area contributed by atoms with Crippen LogP contribution in [-0.2, 0) is 0 Å². The average Bonchev–Trinajstić information content (AvgIpc) is 2.46. The van der Waals surface area contributed by atoms with Crippen molar-refractivity contribution in [1.82, 2.24) is 14.9 Å². The van der Waals surface area contributed by atoms with E-state index in [0.717, 1.165) is 47.4 Å². The van der Waals surface area contributed by atoms with Gasteiger partial charge in [-0.05, 0) is 47.6 Å². The van der Waals surface area contributed by atoms with Crippen LogP contribution in [0.25, 0.3) is 11.0 Å². The summed E-state index contributed by atoms with van der Waals surface area (Å²) in [7, 11) is 0. The largest absolute Gasteiger partial charge is 0.382 e. The molecule has 0 atom stereocenters. The highest BCUT2D eigenvalue weighted by Gasteiger charge is 2.05. The molecule has 0 fully saturated rings. The fourth-order valence-electron chi connectivity index (χ4n) is 2.24. The summed E-state index contributed by atoms with van der Waals surface area (Å²) < 4.78 is 0.953. The van der Waals surface area contributed by atoms with Gasteiger partial charge in [0.05, 0.1) is 11.2 Å². The maximum atomic E-state index is 4.45. The standard InChI is InChI=1S/C15H21BrN4/c1-3-8-20(4-2)9-7-18-13-5-6-17-14-10-12(16)11-19-15(13)14/h5-6,10-11H,3-4,7-9H2,1-2H3,(H,17,18). The van der Waals surface area contributed by atoms with Gasteiger partial charge in [0.15, 0.2) is 0 Å². The first-order valence-corrected chi connectivity index (χ1v) is 7.90. The highest BCUT2D eigenvalue weighted by Crippen LogP contribution is 2.21. The smallest absolute Gasteiger partial charge is 0.112 e. The lowest BCUT2D eigenvalue weighted by Crippen LogP contribution is -2.29. The number of nitrogens with one attached hydrogen (secondary N) is 1. The lowest BCUT2D eigenvalue weighted by molar-refractivity contribution is 0.300. The fourth-order valence-corrected chi connectivity index (χ4v) is 2.56. The SMILES string of the molecule is CCCN(CC)CCNc1ccnc2cc(Br)cnc12. The minimum atomic E-state index is 0.908. The number of likely N-dealkylation sites (N-methyl/N-ethyl adjacent to an activating group) is 1. The molecule has 2 aromatic heterocycles. The van der Waals surface area contributed by atoms with Gasteiger partial charge in [0.25, 0.3) is 0 Å². The van der Waals surface area contributed by atoms with Crippen molar-refractivity contribution in [2.24, 2.45) is 0 Å². The Morgan fingerprint density at radius 3 is 2.85 bits per heavy atom. The average molecular weight is 337 g/mol. The molecule has 0 spiro atoms. The number of nitrogens with zero attached hydrogens (tertiary/aromatic N) is 3. The summed E-state index contributed by atoms with van der Waals surface area (Å²) >= 11 is 3.43. The van der Waals surface area contributed by atoms with Gasteiger partial charge in [-0.25, -0.2) is 0 Å². The number of aromatic nitrogens is 2. The Balaban J connectivity index is 2.03. The molecule has 0 radical (unpaired) electrons. The van der Waals surface area contributed by atoms with E-state index in [4.69, 9.17) is 0 Å². The number of fused-ring (bicyclic) bond motifs is 1. The molecule has 0 saturated heterocycles. The summed E-state index contributed by atoms with van der Waals surface area (Å²) in [5.41, 5.74) is 2.88. The normalized spacial score (nSPS) is 11.2. The number of pyridine rings is 2. The third-order valence-corrected chi connectivity index (χ3v) is 3.71. The quantitative estimate of drug-likeness (QED) is 0.839. The molecule has 0 aromatic carbocycles. The highest BCUT2D eigenvalue weighted by atomic mass is 79.9. The molecule has 2 heterocycles. The maximum absolute atomic E-state index is 4.45. The molecule has 4 nitrogen and oxygen atoms in total. The molecule has 0 bridgehead atoms. The number of anilines is 1. The predicted molar refractivity (Wildman–Crippen MR) is 88.1 cm³/mol.